The van der Waals surface area contributed by atoms with Crippen molar-refractivity contribution >= 4 is 22.8 Å². The van der Waals surface area contributed by atoms with Crippen molar-refractivity contribution in [3.63, 3.8) is 0 Å². The summed E-state index contributed by atoms with van der Waals surface area (Å²) in [5.74, 6) is 0.565. The molecule has 2 N–H and O–H groups in total. The molecule has 2 aromatic heterocycles. The number of hydrogen-bond acceptors (Lipinski definition) is 6. The van der Waals surface area contributed by atoms with Crippen LogP contribution in [0.15, 0.2) is 53.5 Å². The summed E-state index contributed by atoms with van der Waals surface area (Å²) in [7, 11) is 0. The third kappa shape index (κ3) is 3.91. The van der Waals surface area contributed by atoms with Gasteiger partial charge in [0.1, 0.15) is 17.6 Å². The van der Waals surface area contributed by atoms with E-state index in [1.54, 1.807) is 30.5 Å². The van der Waals surface area contributed by atoms with Gasteiger partial charge >= 0.3 is 0 Å². The fourth-order valence-corrected chi connectivity index (χ4v) is 3.85. The van der Waals surface area contributed by atoms with Gasteiger partial charge in [-0.2, -0.15) is 5.10 Å². The summed E-state index contributed by atoms with van der Waals surface area (Å²) in [5, 5.41) is 4.21. The molecule has 1 aliphatic heterocycles. The maximum Gasteiger partial charge on any atom is 0.293 e. The molecule has 8 nitrogen and oxygen atoms in total. The largest absolute Gasteiger partial charge is 0.341 e. The van der Waals surface area contributed by atoms with E-state index in [9.17, 15) is 9.59 Å². The molecule has 0 aliphatic carbocycles. The normalized spacial score (nSPS) is 17.1. The summed E-state index contributed by atoms with van der Waals surface area (Å²) in [4.78, 5) is 32.7. The minimum absolute atomic E-state index is 0.0898. The van der Waals surface area contributed by atoms with Gasteiger partial charge in [-0.3, -0.25) is 9.59 Å². The first-order valence-electron chi connectivity index (χ1n) is 10.2. The first kappa shape index (κ1) is 20.0. The Kier molecular flexibility index (Phi) is 5.76. The molecular weight excluding hydrogens is 380 g/mol. The van der Waals surface area contributed by atoms with E-state index in [2.05, 4.69) is 10.00 Å². The van der Waals surface area contributed by atoms with Crippen molar-refractivity contribution in [2.75, 3.05) is 18.0 Å². The van der Waals surface area contributed by atoms with Crippen molar-refractivity contribution in [1.82, 2.24) is 19.3 Å². The van der Waals surface area contributed by atoms with Gasteiger partial charge in [0.15, 0.2) is 5.78 Å². The molecule has 0 radical (unpaired) electrons. The molecule has 0 bridgehead atoms. The standard InChI is InChI=1S/C22H26N6O2/c1-2-3-12-27-20-18(25-22(27)26-11-7-10-17(23)14-26)13-24-28(21(20)30)15-19(29)16-8-5-4-6-9-16/h2-6,8-9,13,17H,7,10-12,14-15,23H2,1H3/b3-2+. The van der Waals surface area contributed by atoms with E-state index in [-0.39, 0.29) is 23.9 Å². The van der Waals surface area contributed by atoms with Gasteiger partial charge in [0.05, 0.1) is 6.20 Å². The molecule has 0 amide bonds. The second-order valence-corrected chi connectivity index (χ2v) is 7.57. The summed E-state index contributed by atoms with van der Waals surface area (Å²) in [5.41, 5.74) is 7.38. The minimum atomic E-state index is -0.318. The van der Waals surface area contributed by atoms with E-state index in [0.717, 1.165) is 25.3 Å². The smallest absolute Gasteiger partial charge is 0.293 e. The molecule has 3 aromatic rings. The number of carbonyl (C=O) groups excluding carboxylic acids is 1. The summed E-state index contributed by atoms with van der Waals surface area (Å²) in [6.45, 7) is 3.89. The first-order chi connectivity index (χ1) is 14.6. The zero-order valence-electron chi connectivity index (χ0n) is 17.1. The molecule has 30 heavy (non-hydrogen) atoms. The summed E-state index contributed by atoms with van der Waals surface area (Å²) < 4.78 is 3.12. The molecule has 1 saturated heterocycles. The Morgan fingerprint density at radius 2 is 2.10 bits per heavy atom. The number of allylic oxidation sites excluding steroid dienone is 2. The average molecular weight is 406 g/mol. The number of aromatic nitrogens is 4. The highest BCUT2D eigenvalue weighted by Crippen LogP contribution is 2.23. The molecule has 3 heterocycles. The van der Waals surface area contributed by atoms with Gasteiger partial charge in [-0.05, 0) is 19.8 Å². The lowest BCUT2D eigenvalue weighted by Crippen LogP contribution is -2.44. The fourth-order valence-electron chi connectivity index (χ4n) is 3.85. The van der Waals surface area contributed by atoms with Crippen LogP contribution in [0, 0.1) is 0 Å². The fraction of sp³-hybridized carbons (Fsp3) is 0.364. The predicted octanol–water partition coefficient (Wildman–Crippen LogP) is 1.98. The van der Waals surface area contributed by atoms with Gasteiger partial charge in [0.2, 0.25) is 5.95 Å². The van der Waals surface area contributed by atoms with Crippen LogP contribution >= 0.6 is 0 Å². The van der Waals surface area contributed by atoms with Gasteiger partial charge < -0.3 is 15.2 Å². The molecule has 1 unspecified atom stereocenters. The number of piperidine rings is 1. The number of benzene rings is 1. The highest BCUT2D eigenvalue weighted by molar-refractivity contribution is 5.95. The lowest BCUT2D eigenvalue weighted by Gasteiger charge is -2.31. The van der Waals surface area contributed by atoms with Crippen LogP contribution in [0.4, 0.5) is 5.95 Å². The minimum Gasteiger partial charge on any atom is -0.341 e. The topological polar surface area (TPSA) is 99.0 Å². The van der Waals surface area contributed by atoms with Crippen LogP contribution in [-0.2, 0) is 13.1 Å². The molecule has 4 rings (SSSR count). The Bertz CT molecular complexity index is 1130. The van der Waals surface area contributed by atoms with Crippen molar-refractivity contribution in [2.45, 2.75) is 38.9 Å². The van der Waals surface area contributed by atoms with Crippen molar-refractivity contribution in [3.05, 3.63) is 64.6 Å². The highest BCUT2D eigenvalue weighted by atomic mass is 16.1. The van der Waals surface area contributed by atoms with Crippen LogP contribution < -0.4 is 16.2 Å². The molecule has 0 spiro atoms. The number of nitrogens with two attached hydrogens (primary N) is 1. The van der Waals surface area contributed by atoms with Crippen LogP contribution in [0.2, 0.25) is 0 Å². The quantitative estimate of drug-likeness (QED) is 0.496. The molecule has 8 heteroatoms. The lowest BCUT2D eigenvalue weighted by atomic mass is 10.1. The van der Waals surface area contributed by atoms with Gasteiger partial charge in [-0.1, -0.05) is 42.5 Å². The van der Waals surface area contributed by atoms with E-state index < -0.39 is 0 Å². The van der Waals surface area contributed by atoms with Gasteiger partial charge in [-0.25, -0.2) is 9.67 Å². The number of hydrogen-bond donors (Lipinski definition) is 1. The van der Waals surface area contributed by atoms with E-state index in [4.69, 9.17) is 10.7 Å². The molecule has 1 aliphatic rings. The second-order valence-electron chi connectivity index (χ2n) is 7.57. The van der Waals surface area contributed by atoms with Crippen molar-refractivity contribution in [2.24, 2.45) is 5.73 Å². The molecule has 1 atom stereocenters. The predicted molar refractivity (Wildman–Crippen MR) is 117 cm³/mol. The Balaban J connectivity index is 1.76. The molecule has 1 aromatic carbocycles. The third-order valence-corrected chi connectivity index (χ3v) is 5.38. The second kappa shape index (κ2) is 8.62. The van der Waals surface area contributed by atoms with E-state index in [1.165, 1.54) is 4.68 Å². The first-order valence-corrected chi connectivity index (χ1v) is 10.2. The summed E-state index contributed by atoms with van der Waals surface area (Å²) >= 11 is 0. The van der Waals surface area contributed by atoms with E-state index >= 15 is 0 Å². The zero-order chi connectivity index (χ0) is 21.1. The van der Waals surface area contributed by atoms with Crippen LogP contribution in [0.5, 0.6) is 0 Å². The number of carbonyl (C=O) groups is 1. The van der Waals surface area contributed by atoms with Gasteiger partial charge in [0, 0.05) is 31.2 Å². The maximum absolute atomic E-state index is 13.3. The maximum atomic E-state index is 13.3. The van der Waals surface area contributed by atoms with Gasteiger partial charge in [-0.15, -0.1) is 0 Å². The molecule has 1 fully saturated rings. The number of fused-ring (bicyclic) bond motifs is 1. The van der Waals surface area contributed by atoms with Crippen LogP contribution in [0.25, 0.3) is 11.0 Å². The van der Waals surface area contributed by atoms with E-state index in [0.29, 0.717) is 29.7 Å². The van der Waals surface area contributed by atoms with Crippen LogP contribution in [-0.4, -0.2) is 44.2 Å². The average Bonchev–Trinajstić information content (AvgIpc) is 3.14. The summed E-state index contributed by atoms with van der Waals surface area (Å²) in [6, 6.07) is 9.01. The number of imidazole rings is 1. The van der Waals surface area contributed by atoms with E-state index in [1.807, 2.05) is 29.7 Å². The highest BCUT2D eigenvalue weighted by Gasteiger charge is 2.24. The van der Waals surface area contributed by atoms with Crippen LogP contribution in [0.3, 0.4) is 0 Å². The van der Waals surface area contributed by atoms with Crippen molar-refractivity contribution in [3.8, 4) is 0 Å². The van der Waals surface area contributed by atoms with Crippen LogP contribution in [0.1, 0.15) is 30.1 Å². The number of anilines is 1. The van der Waals surface area contributed by atoms with Crippen molar-refractivity contribution < 1.29 is 4.79 Å². The SMILES string of the molecule is C/C=C/Cn1c(N2CCCC(N)C2)nc2cnn(CC(=O)c3ccccc3)c(=O)c21. The monoisotopic (exact) mass is 406 g/mol. The Morgan fingerprint density at radius 1 is 1.30 bits per heavy atom. The Morgan fingerprint density at radius 3 is 2.83 bits per heavy atom. The van der Waals surface area contributed by atoms with Gasteiger partial charge in [0.25, 0.3) is 5.56 Å². The number of ketones is 1. The molecule has 0 saturated carbocycles. The third-order valence-electron chi connectivity index (χ3n) is 5.38. The Labute approximate surface area is 174 Å². The molecule has 156 valence electrons. The number of Topliss-reactive ketones (excluding diaryl/α,β-unsaturated/α-hetero) is 1. The summed E-state index contributed by atoms with van der Waals surface area (Å²) in [6.07, 6.45) is 7.46. The van der Waals surface area contributed by atoms with Crippen molar-refractivity contribution in [1.29, 1.82) is 0 Å². The zero-order valence-corrected chi connectivity index (χ0v) is 17.1. The molecular formula is C22H26N6O2. The number of rotatable bonds is 6. The number of nitrogens with zero attached hydrogens (tertiary/aromatic N) is 5. The Hall–Kier alpha value is -3.26. The lowest BCUT2D eigenvalue weighted by molar-refractivity contribution is 0.0966.